The van der Waals surface area contributed by atoms with Crippen LogP contribution in [0.5, 0.6) is 0 Å². The lowest BCUT2D eigenvalue weighted by molar-refractivity contribution is 0.0656. The Labute approximate surface area is 114 Å². The molecule has 0 radical (unpaired) electrons. The summed E-state index contributed by atoms with van der Waals surface area (Å²) in [5.41, 5.74) is 0. The summed E-state index contributed by atoms with van der Waals surface area (Å²) in [6.07, 6.45) is 1.53. The van der Waals surface area contributed by atoms with E-state index in [1.165, 1.54) is 24.2 Å². The van der Waals surface area contributed by atoms with Crippen molar-refractivity contribution in [1.29, 1.82) is 0 Å². The number of hydrogen-bond donors (Lipinski definition) is 1. The van der Waals surface area contributed by atoms with Crippen LogP contribution in [0, 0.1) is 5.92 Å². The first-order valence-electron chi connectivity index (χ1n) is 5.89. The van der Waals surface area contributed by atoms with Crippen molar-refractivity contribution in [2.24, 2.45) is 5.92 Å². The van der Waals surface area contributed by atoms with E-state index < -0.39 is 5.97 Å². The fourth-order valence-corrected chi connectivity index (χ4v) is 2.35. The van der Waals surface area contributed by atoms with Crippen molar-refractivity contribution in [1.82, 2.24) is 14.8 Å². The molecule has 0 aliphatic carbocycles. The summed E-state index contributed by atoms with van der Waals surface area (Å²) in [5, 5.41) is 13.5. The molecule has 2 heterocycles. The maximum atomic E-state index is 10.7. The van der Waals surface area contributed by atoms with Crippen LogP contribution in [0.1, 0.15) is 30.2 Å². The minimum atomic E-state index is -1.06. The zero-order valence-electron chi connectivity index (χ0n) is 10.7. The minimum Gasteiger partial charge on any atom is -0.475 e. The number of hydrogen-bond acceptors (Lipinski definition) is 5. The zero-order chi connectivity index (χ0) is 13.8. The molecule has 0 atom stereocenters. The molecule has 2 rings (SSSR count). The molecule has 2 aromatic rings. The number of carbonyl (C=O) groups is 1. The number of rotatable bonds is 6. The second-order valence-corrected chi connectivity index (χ2v) is 5.44. The topological polar surface area (TPSA) is 81.2 Å². The Morgan fingerprint density at radius 3 is 2.95 bits per heavy atom. The van der Waals surface area contributed by atoms with E-state index in [2.05, 4.69) is 23.9 Å². The summed E-state index contributed by atoms with van der Waals surface area (Å²) in [6, 6.07) is 3.10. The molecule has 0 aromatic carbocycles. The van der Waals surface area contributed by atoms with Crippen molar-refractivity contribution in [3.05, 3.63) is 30.0 Å². The van der Waals surface area contributed by atoms with E-state index in [-0.39, 0.29) is 5.76 Å². The highest BCUT2D eigenvalue weighted by molar-refractivity contribution is 7.98. The smallest absolute Gasteiger partial charge is 0.371 e. The highest BCUT2D eigenvalue weighted by atomic mass is 32.2. The first kappa shape index (κ1) is 13.7. The molecule has 0 amide bonds. The third-order valence-corrected chi connectivity index (χ3v) is 3.28. The number of thioether (sulfide) groups is 1. The zero-order valence-corrected chi connectivity index (χ0v) is 11.6. The fourth-order valence-electron chi connectivity index (χ4n) is 1.55. The van der Waals surface area contributed by atoms with Gasteiger partial charge >= 0.3 is 5.97 Å². The van der Waals surface area contributed by atoms with Crippen LogP contribution in [0.3, 0.4) is 0 Å². The maximum absolute atomic E-state index is 10.7. The molecule has 1 N–H and O–H groups in total. The van der Waals surface area contributed by atoms with E-state index in [0.29, 0.717) is 16.8 Å². The minimum absolute atomic E-state index is 0.0499. The first-order valence-corrected chi connectivity index (χ1v) is 6.87. The number of carboxylic acids is 1. The Kier molecular flexibility index (Phi) is 4.26. The van der Waals surface area contributed by atoms with Crippen LogP contribution in [-0.2, 0) is 12.3 Å². The summed E-state index contributed by atoms with van der Waals surface area (Å²) >= 11 is 1.40. The van der Waals surface area contributed by atoms with Crippen LogP contribution < -0.4 is 0 Å². The van der Waals surface area contributed by atoms with E-state index in [9.17, 15) is 4.79 Å². The number of furan rings is 1. The van der Waals surface area contributed by atoms with Crippen LogP contribution >= 0.6 is 11.8 Å². The molecule has 0 saturated heterocycles. The van der Waals surface area contributed by atoms with E-state index in [4.69, 9.17) is 9.52 Å². The molecular weight excluding hydrogens is 266 g/mol. The van der Waals surface area contributed by atoms with E-state index >= 15 is 0 Å². The predicted molar refractivity (Wildman–Crippen MR) is 70.1 cm³/mol. The van der Waals surface area contributed by atoms with Crippen molar-refractivity contribution >= 4 is 17.7 Å². The summed E-state index contributed by atoms with van der Waals surface area (Å²) < 4.78 is 7.03. The number of aromatic nitrogens is 3. The Hall–Kier alpha value is -1.76. The number of aromatic carboxylic acids is 1. The molecule has 19 heavy (non-hydrogen) atoms. The molecule has 6 nitrogen and oxygen atoms in total. The third-order valence-electron chi connectivity index (χ3n) is 2.37. The molecule has 0 bridgehead atoms. The van der Waals surface area contributed by atoms with Gasteiger partial charge in [-0.1, -0.05) is 25.6 Å². The summed E-state index contributed by atoms with van der Waals surface area (Å²) in [7, 11) is 0. The molecule has 0 spiro atoms. The maximum Gasteiger partial charge on any atom is 0.371 e. The van der Waals surface area contributed by atoms with Gasteiger partial charge in [-0.3, -0.25) is 0 Å². The molecule has 102 valence electrons. The van der Waals surface area contributed by atoms with Crippen LogP contribution in [0.2, 0.25) is 0 Å². The van der Waals surface area contributed by atoms with Crippen molar-refractivity contribution in [2.75, 3.05) is 0 Å². The molecule has 0 aliphatic heterocycles. The molecule has 2 aromatic heterocycles. The van der Waals surface area contributed by atoms with Gasteiger partial charge in [0.1, 0.15) is 12.2 Å². The SMILES string of the molecule is CC(C)Cn1ncnc1CSc1ccc(C(=O)O)o1. The van der Waals surface area contributed by atoms with Gasteiger partial charge in [0.2, 0.25) is 5.76 Å². The largest absolute Gasteiger partial charge is 0.475 e. The second kappa shape index (κ2) is 5.92. The van der Waals surface area contributed by atoms with E-state index in [1.807, 2.05) is 4.68 Å². The van der Waals surface area contributed by atoms with E-state index in [0.717, 1.165) is 12.4 Å². The monoisotopic (exact) mass is 281 g/mol. The van der Waals surface area contributed by atoms with Crippen LogP contribution in [0.25, 0.3) is 0 Å². The van der Waals surface area contributed by atoms with E-state index in [1.54, 1.807) is 6.07 Å². The Morgan fingerprint density at radius 2 is 2.32 bits per heavy atom. The Morgan fingerprint density at radius 1 is 1.53 bits per heavy atom. The van der Waals surface area contributed by atoms with Gasteiger partial charge in [-0.25, -0.2) is 14.5 Å². The van der Waals surface area contributed by atoms with Gasteiger partial charge in [0, 0.05) is 6.54 Å². The number of nitrogens with zero attached hydrogens (tertiary/aromatic N) is 3. The van der Waals surface area contributed by atoms with Gasteiger partial charge in [0.25, 0.3) is 0 Å². The van der Waals surface area contributed by atoms with Gasteiger partial charge < -0.3 is 9.52 Å². The second-order valence-electron chi connectivity index (χ2n) is 4.46. The van der Waals surface area contributed by atoms with Crippen molar-refractivity contribution in [2.45, 2.75) is 31.2 Å². The summed E-state index contributed by atoms with van der Waals surface area (Å²) in [6.45, 7) is 5.04. The van der Waals surface area contributed by atoms with Crippen molar-refractivity contribution in [3.8, 4) is 0 Å². The molecular formula is C12H15N3O3S. The Balaban J connectivity index is 1.98. The molecule has 0 fully saturated rings. The summed E-state index contributed by atoms with van der Waals surface area (Å²) in [4.78, 5) is 14.9. The van der Waals surface area contributed by atoms with Crippen LogP contribution in [0.15, 0.2) is 28.0 Å². The van der Waals surface area contributed by atoms with Gasteiger partial charge in [-0.15, -0.1) is 0 Å². The van der Waals surface area contributed by atoms with Gasteiger partial charge in [0.15, 0.2) is 5.09 Å². The van der Waals surface area contributed by atoms with Crippen LogP contribution in [0.4, 0.5) is 0 Å². The molecule has 7 heteroatoms. The average Bonchev–Trinajstić information content (AvgIpc) is 2.94. The molecule has 0 aliphatic rings. The molecule has 0 saturated carbocycles. The highest BCUT2D eigenvalue weighted by Crippen LogP contribution is 2.24. The van der Waals surface area contributed by atoms with Gasteiger partial charge in [-0.05, 0) is 18.1 Å². The Bertz CT molecular complexity index is 562. The average molecular weight is 281 g/mol. The fraction of sp³-hybridized carbons (Fsp3) is 0.417. The molecule has 0 unspecified atom stereocenters. The van der Waals surface area contributed by atoms with Gasteiger partial charge in [-0.2, -0.15) is 5.10 Å². The van der Waals surface area contributed by atoms with Crippen molar-refractivity contribution in [3.63, 3.8) is 0 Å². The predicted octanol–water partition coefficient (Wildman–Crippen LogP) is 2.52. The lowest BCUT2D eigenvalue weighted by Gasteiger charge is -2.07. The van der Waals surface area contributed by atoms with Crippen molar-refractivity contribution < 1.29 is 14.3 Å². The first-order chi connectivity index (χ1) is 9.06. The normalized spacial score (nSPS) is 11.1. The van der Waals surface area contributed by atoms with Gasteiger partial charge in [0.05, 0.1) is 5.75 Å². The van der Waals surface area contributed by atoms with Crippen LogP contribution in [-0.4, -0.2) is 25.8 Å². The third kappa shape index (κ3) is 3.60. The number of carboxylic acid groups (broad SMARTS) is 1. The lowest BCUT2D eigenvalue weighted by Crippen LogP contribution is -2.09. The lowest BCUT2D eigenvalue weighted by atomic mass is 10.2. The highest BCUT2D eigenvalue weighted by Gasteiger charge is 2.11. The summed E-state index contributed by atoms with van der Waals surface area (Å²) in [5.74, 6) is 0.833. The quantitative estimate of drug-likeness (QED) is 0.819. The standard InChI is InChI=1S/C12H15N3O3S/c1-8(2)5-15-10(13-7-14-15)6-19-11-4-3-9(18-11)12(16)17/h3-4,7-8H,5-6H2,1-2H3,(H,16,17).